The second-order valence-electron chi connectivity index (χ2n) is 6.12. The molecule has 2 aromatic carbocycles. The highest BCUT2D eigenvalue weighted by Gasteiger charge is 2.11. The molecule has 25 heavy (non-hydrogen) atoms. The maximum atomic E-state index is 11.5. The maximum Gasteiger partial charge on any atom is 0.245 e. The molecule has 0 radical (unpaired) electrons. The fourth-order valence-corrected chi connectivity index (χ4v) is 2.86. The Morgan fingerprint density at radius 3 is 2.68 bits per heavy atom. The van der Waals surface area contributed by atoms with E-state index < -0.39 is 0 Å². The third-order valence-electron chi connectivity index (χ3n) is 4.14. The molecular weight excluding hydrogens is 314 g/mol. The number of benzene rings is 2. The maximum absolute atomic E-state index is 11.5. The lowest BCUT2D eigenvalue weighted by Crippen LogP contribution is -2.29. The quantitative estimate of drug-likeness (QED) is 0.721. The zero-order valence-corrected chi connectivity index (χ0v) is 14.7. The van der Waals surface area contributed by atoms with Gasteiger partial charge in [-0.15, -0.1) is 0 Å². The highest BCUT2D eigenvalue weighted by molar-refractivity contribution is 5.77. The van der Waals surface area contributed by atoms with Crippen molar-refractivity contribution in [2.24, 2.45) is 0 Å². The molecule has 5 heteroatoms. The molecule has 0 aliphatic heterocycles. The average Bonchev–Trinajstić information content (AvgIpc) is 2.95. The zero-order chi connectivity index (χ0) is 17.6. The lowest BCUT2D eigenvalue weighted by Gasteiger charge is -2.10. The van der Waals surface area contributed by atoms with Crippen molar-refractivity contribution in [1.82, 2.24) is 14.9 Å². The fraction of sp³-hybridized carbons (Fsp3) is 0.300. The first kappa shape index (κ1) is 17.2. The summed E-state index contributed by atoms with van der Waals surface area (Å²) in [4.78, 5) is 16.3. The fourth-order valence-electron chi connectivity index (χ4n) is 2.86. The molecule has 1 N–H and O–H groups in total. The van der Waals surface area contributed by atoms with Crippen LogP contribution in [-0.4, -0.2) is 35.7 Å². The summed E-state index contributed by atoms with van der Waals surface area (Å²) in [6, 6.07) is 16.7. The first-order chi connectivity index (χ1) is 12.2. The van der Waals surface area contributed by atoms with Crippen LogP contribution in [0.2, 0.25) is 0 Å². The summed E-state index contributed by atoms with van der Waals surface area (Å²) in [6.07, 6.45) is 0.677. The normalized spacial score (nSPS) is 11.0. The molecule has 0 bridgehead atoms. The largest absolute Gasteiger partial charge is 0.375 e. The van der Waals surface area contributed by atoms with E-state index in [0.29, 0.717) is 13.0 Å². The minimum atomic E-state index is -0.108. The molecule has 0 fully saturated rings. The van der Waals surface area contributed by atoms with Gasteiger partial charge in [0.25, 0.3) is 0 Å². The minimum Gasteiger partial charge on any atom is -0.375 e. The number of imidazole rings is 1. The van der Waals surface area contributed by atoms with Crippen molar-refractivity contribution in [1.29, 1.82) is 0 Å². The zero-order valence-electron chi connectivity index (χ0n) is 14.7. The SMILES string of the molecule is COCC(=O)NCCc1nc2ccccc2n1Cc1ccc(C)cc1. The number of rotatable bonds is 7. The third-order valence-corrected chi connectivity index (χ3v) is 4.14. The van der Waals surface area contributed by atoms with Gasteiger partial charge in [-0.25, -0.2) is 4.98 Å². The van der Waals surface area contributed by atoms with E-state index in [1.807, 2.05) is 18.2 Å². The molecule has 1 amide bonds. The molecule has 0 atom stereocenters. The lowest BCUT2D eigenvalue weighted by molar-refractivity contribution is -0.124. The smallest absolute Gasteiger partial charge is 0.245 e. The van der Waals surface area contributed by atoms with Crippen LogP contribution < -0.4 is 5.32 Å². The predicted octanol–water partition coefficient (Wildman–Crippen LogP) is 2.70. The summed E-state index contributed by atoms with van der Waals surface area (Å²) in [5.74, 6) is 0.864. The van der Waals surface area contributed by atoms with Crippen LogP contribution in [0.5, 0.6) is 0 Å². The number of ether oxygens (including phenoxy) is 1. The topological polar surface area (TPSA) is 56.1 Å². The summed E-state index contributed by atoms with van der Waals surface area (Å²) in [6.45, 7) is 3.48. The number of hydrogen-bond acceptors (Lipinski definition) is 3. The van der Waals surface area contributed by atoms with Crippen molar-refractivity contribution in [2.75, 3.05) is 20.3 Å². The molecule has 0 aliphatic carbocycles. The average molecular weight is 337 g/mol. The van der Waals surface area contributed by atoms with Crippen LogP contribution in [0.1, 0.15) is 17.0 Å². The molecule has 0 saturated carbocycles. The molecule has 0 spiro atoms. The van der Waals surface area contributed by atoms with Crippen molar-refractivity contribution in [2.45, 2.75) is 19.9 Å². The molecule has 0 saturated heterocycles. The molecule has 1 aromatic heterocycles. The van der Waals surface area contributed by atoms with Gasteiger partial charge in [-0.3, -0.25) is 4.79 Å². The summed E-state index contributed by atoms with van der Waals surface area (Å²) in [5, 5.41) is 2.86. The Bertz CT molecular complexity index is 853. The number of carbonyl (C=O) groups is 1. The Hall–Kier alpha value is -2.66. The Labute approximate surface area is 147 Å². The summed E-state index contributed by atoms with van der Waals surface area (Å²) < 4.78 is 7.06. The Morgan fingerprint density at radius 2 is 1.92 bits per heavy atom. The minimum absolute atomic E-state index is 0.0831. The Balaban J connectivity index is 1.81. The van der Waals surface area contributed by atoms with Crippen LogP contribution in [-0.2, 0) is 22.5 Å². The summed E-state index contributed by atoms with van der Waals surface area (Å²) in [7, 11) is 1.51. The number of hydrogen-bond donors (Lipinski definition) is 1. The number of amides is 1. The standard InChI is InChI=1S/C20H23N3O2/c1-15-7-9-16(10-8-15)13-23-18-6-4-3-5-17(18)22-19(23)11-12-21-20(24)14-25-2/h3-10H,11-14H2,1-2H3,(H,21,24). The number of methoxy groups -OCH3 is 1. The number of carbonyl (C=O) groups excluding carboxylic acids is 1. The number of para-hydroxylation sites is 2. The van der Waals surface area contributed by atoms with Gasteiger partial charge in [0, 0.05) is 26.6 Å². The Morgan fingerprint density at radius 1 is 1.16 bits per heavy atom. The van der Waals surface area contributed by atoms with Gasteiger partial charge < -0.3 is 14.6 Å². The van der Waals surface area contributed by atoms with Gasteiger partial charge in [-0.05, 0) is 24.6 Å². The monoisotopic (exact) mass is 337 g/mol. The van der Waals surface area contributed by atoms with Crippen molar-refractivity contribution in [3.8, 4) is 0 Å². The molecule has 3 aromatic rings. The molecule has 0 aliphatic rings. The molecular formula is C20H23N3O2. The molecule has 5 nitrogen and oxygen atoms in total. The molecule has 130 valence electrons. The second-order valence-corrected chi connectivity index (χ2v) is 6.12. The van der Waals surface area contributed by atoms with Crippen LogP contribution in [0.25, 0.3) is 11.0 Å². The number of nitrogens with one attached hydrogen (secondary N) is 1. The molecule has 3 rings (SSSR count). The van der Waals surface area contributed by atoms with Crippen LogP contribution in [0, 0.1) is 6.92 Å². The molecule has 1 heterocycles. The van der Waals surface area contributed by atoms with Gasteiger partial charge in [0.2, 0.25) is 5.91 Å². The highest BCUT2D eigenvalue weighted by Crippen LogP contribution is 2.18. The van der Waals surface area contributed by atoms with Crippen molar-refractivity contribution in [3.05, 3.63) is 65.5 Å². The van der Waals surface area contributed by atoms with Crippen molar-refractivity contribution < 1.29 is 9.53 Å². The second kappa shape index (κ2) is 7.94. The van der Waals surface area contributed by atoms with E-state index in [4.69, 9.17) is 9.72 Å². The Kier molecular flexibility index (Phi) is 5.46. The van der Waals surface area contributed by atoms with E-state index in [0.717, 1.165) is 23.4 Å². The van der Waals surface area contributed by atoms with E-state index in [1.54, 1.807) is 0 Å². The van der Waals surface area contributed by atoms with Gasteiger partial charge in [0.1, 0.15) is 12.4 Å². The number of fused-ring (bicyclic) bond motifs is 1. The lowest BCUT2D eigenvalue weighted by atomic mass is 10.1. The van der Waals surface area contributed by atoms with E-state index in [9.17, 15) is 4.79 Å². The predicted molar refractivity (Wildman–Crippen MR) is 98.6 cm³/mol. The number of aryl methyl sites for hydroxylation is 1. The summed E-state index contributed by atoms with van der Waals surface area (Å²) >= 11 is 0. The number of aromatic nitrogens is 2. The summed E-state index contributed by atoms with van der Waals surface area (Å²) in [5.41, 5.74) is 4.58. The van der Waals surface area contributed by atoms with Crippen molar-refractivity contribution >= 4 is 16.9 Å². The third kappa shape index (κ3) is 4.25. The first-order valence-corrected chi connectivity index (χ1v) is 8.42. The van der Waals surface area contributed by atoms with E-state index in [2.05, 4.69) is 47.1 Å². The van der Waals surface area contributed by atoms with Gasteiger partial charge in [0.15, 0.2) is 0 Å². The van der Waals surface area contributed by atoms with Gasteiger partial charge in [0.05, 0.1) is 11.0 Å². The number of nitrogens with zero attached hydrogens (tertiary/aromatic N) is 2. The van der Waals surface area contributed by atoms with E-state index in [1.165, 1.54) is 18.2 Å². The van der Waals surface area contributed by atoms with Crippen LogP contribution >= 0.6 is 0 Å². The van der Waals surface area contributed by atoms with E-state index in [-0.39, 0.29) is 12.5 Å². The van der Waals surface area contributed by atoms with E-state index >= 15 is 0 Å². The van der Waals surface area contributed by atoms with Gasteiger partial charge >= 0.3 is 0 Å². The first-order valence-electron chi connectivity index (χ1n) is 8.42. The van der Waals surface area contributed by atoms with Crippen molar-refractivity contribution in [3.63, 3.8) is 0 Å². The van der Waals surface area contributed by atoms with Gasteiger partial charge in [-0.1, -0.05) is 42.0 Å². The van der Waals surface area contributed by atoms with Gasteiger partial charge in [-0.2, -0.15) is 0 Å². The van der Waals surface area contributed by atoms with Crippen LogP contribution in [0.4, 0.5) is 0 Å². The molecule has 0 unspecified atom stereocenters. The van der Waals surface area contributed by atoms with Crippen LogP contribution in [0.3, 0.4) is 0 Å². The highest BCUT2D eigenvalue weighted by atomic mass is 16.5. The van der Waals surface area contributed by atoms with Crippen LogP contribution in [0.15, 0.2) is 48.5 Å².